The van der Waals surface area contributed by atoms with Gasteiger partial charge in [-0.15, -0.1) is 0 Å². The minimum absolute atomic E-state index is 0.226. The van der Waals surface area contributed by atoms with E-state index < -0.39 is 17.4 Å². The summed E-state index contributed by atoms with van der Waals surface area (Å²) in [5, 5.41) is 15.6. The number of unbranched alkanes of at least 4 members (excludes halogenated alkanes) is 1. The summed E-state index contributed by atoms with van der Waals surface area (Å²) in [5.74, 6) is -0.344. The second kappa shape index (κ2) is 11.8. The average molecular weight is 454 g/mol. The third-order valence-corrected chi connectivity index (χ3v) is 6.14. The molecule has 0 spiro atoms. The summed E-state index contributed by atoms with van der Waals surface area (Å²) in [6.07, 6.45) is 5.19. The Balaban J connectivity index is 1.36. The number of benzene rings is 1. The maximum absolute atomic E-state index is 12.8. The molecule has 1 aliphatic heterocycles. The van der Waals surface area contributed by atoms with Crippen molar-refractivity contribution in [2.24, 2.45) is 0 Å². The summed E-state index contributed by atoms with van der Waals surface area (Å²) in [7, 11) is 0. The number of nitrogens with one attached hydrogen (secondary N) is 2. The number of pyridine rings is 1. The van der Waals surface area contributed by atoms with Gasteiger partial charge in [-0.1, -0.05) is 36.4 Å². The van der Waals surface area contributed by atoms with Crippen molar-refractivity contribution in [1.29, 1.82) is 0 Å². The molecule has 1 aliphatic rings. The van der Waals surface area contributed by atoms with E-state index in [2.05, 4.69) is 22.8 Å². The number of carboxylic acids is 1. The van der Waals surface area contributed by atoms with E-state index in [1.165, 1.54) is 5.56 Å². The first-order valence-corrected chi connectivity index (χ1v) is 11.8. The van der Waals surface area contributed by atoms with Crippen LogP contribution in [0, 0.1) is 0 Å². The lowest BCUT2D eigenvalue weighted by Crippen LogP contribution is -2.48. The highest BCUT2D eigenvalue weighted by atomic mass is 16.5. The minimum atomic E-state index is -1.05. The van der Waals surface area contributed by atoms with Crippen molar-refractivity contribution in [2.75, 3.05) is 25.1 Å². The lowest BCUT2D eigenvalue weighted by molar-refractivity contribution is -0.143. The highest BCUT2D eigenvalue weighted by molar-refractivity contribution is 5.90. The van der Waals surface area contributed by atoms with E-state index in [-0.39, 0.29) is 18.9 Å². The van der Waals surface area contributed by atoms with Crippen LogP contribution in [0.15, 0.2) is 42.5 Å². The number of carboxylic acid groups (broad SMARTS) is 1. The molecule has 0 radical (unpaired) electrons. The van der Waals surface area contributed by atoms with Gasteiger partial charge in [-0.05, 0) is 63.1 Å². The molecule has 0 bridgehead atoms. The van der Waals surface area contributed by atoms with E-state index >= 15 is 0 Å². The molecule has 178 valence electrons. The molecule has 3 rings (SSSR count). The summed E-state index contributed by atoms with van der Waals surface area (Å²) in [6, 6.07) is 12.6. The minimum Gasteiger partial charge on any atom is -0.480 e. The zero-order chi connectivity index (χ0) is 23.7. The first-order valence-electron chi connectivity index (χ1n) is 11.8. The van der Waals surface area contributed by atoms with Crippen LogP contribution in [-0.2, 0) is 32.6 Å². The standard InChI is InChI=1S/C26H35N3O4/c1-26(2,20-10-4-3-5-11-20)25(32)29-22(24(30)31)15-18-33-17-7-6-12-21-14-13-19-9-8-16-27-23(19)28-21/h3-5,10-11,13-14,22H,6-9,12,15-18H2,1-2H3,(H,27,28)(H,29,32)(H,30,31)/t22-/m0/s1. The monoisotopic (exact) mass is 453 g/mol. The normalized spacial score (nSPS) is 14.1. The molecule has 3 N–H and O–H groups in total. The van der Waals surface area contributed by atoms with Gasteiger partial charge in [0.05, 0.1) is 5.41 Å². The van der Waals surface area contributed by atoms with Crippen molar-refractivity contribution in [3.63, 3.8) is 0 Å². The van der Waals surface area contributed by atoms with Gasteiger partial charge in [0.15, 0.2) is 0 Å². The first-order chi connectivity index (χ1) is 15.9. The van der Waals surface area contributed by atoms with Gasteiger partial charge in [0.2, 0.25) is 5.91 Å². The fraction of sp³-hybridized carbons (Fsp3) is 0.500. The lowest BCUT2D eigenvalue weighted by Gasteiger charge is -2.26. The van der Waals surface area contributed by atoms with Crippen LogP contribution in [0.5, 0.6) is 0 Å². The van der Waals surface area contributed by atoms with E-state index in [0.717, 1.165) is 55.7 Å². The Morgan fingerprint density at radius 3 is 2.70 bits per heavy atom. The summed E-state index contributed by atoms with van der Waals surface area (Å²) in [6.45, 7) is 5.41. The van der Waals surface area contributed by atoms with Crippen molar-refractivity contribution in [3.8, 4) is 0 Å². The Kier molecular flexibility index (Phi) is 8.83. The van der Waals surface area contributed by atoms with Gasteiger partial charge in [-0.25, -0.2) is 9.78 Å². The third-order valence-electron chi connectivity index (χ3n) is 6.14. The van der Waals surface area contributed by atoms with Gasteiger partial charge >= 0.3 is 5.97 Å². The molecule has 0 fully saturated rings. The maximum atomic E-state index is 12.8. The van der Waals surface area contributed by atoms with Crippen LogP contribution in [0.3, 0.4) is 0 Å². The number of ether oxygens (including phenoxy) is 1. The molecular formula is C26H35N3O4. The average Bonchev–Trinajstić information content (AvgIpc) is 2.82. The van der Waals surface area contributed by atoms with Crippen molar-refractivity contribution in [2.45, 2.75) is 63.8 Å². The zero-order valence-electron chi connectivity index (χ0n) is 19.6. The predicted octanol–water partition coefficient (Wildman–Crippen LogP) is 3.72. The molecule has 0 aliphatic carbocycles. The number of aliphatic carboxylic acids is 1. The second-order valence-corrected chi connectivity index (χ2v) is 9.05. The molecular weight excluding hydrogens is 418 g/mol. The number of hydrogen-bond donors (Lipinski definition) is 3. The molecule has 2 aromatic rings. The number of fused-ring (bicyclic) bond motifs is 1. The van der Waals surface area contributed by atoms with Crippen molar-refractivity contribution in [3.05, 3.63) is 59.3 Å². The zero-order valence-corrected chi connectivity index (χ0v) is 19.6. The van der Waals surface area contributed by atoms with Crippen LogP contribution in [0.1, 0.15) is 56.4 Å². The molecule has 2 heterocycles. The Morgan fingerprint density at radius 1 is 1.15 bits per heavy atom. The van der Waals surface area contributed by atoms with E-state index in [9.17, 15) is 14.7 Å². The summed E-state index contributed by atoms with van der Waals surface area (Å²) < 4.78 is 5.65. The Hall–Kier alpha value is -2.93. The Labute approximate surface area is 196 Å². The molecule has 1 aromatic heterocycles. The number of carbonyl (C=O) groups excluding carboxylic acids is 1. The van der Waals surface area contributed by atoms with E-state index in [4.69, 9.17) is 9.72 Å². The summed E-state index contributed by atoms with van der Waals surface area (Å²) in [4.78, 5) is 29.1. The number of hydrogen-bond acceptors (Lipinski definition) is 5. The molecule has 7 heteroatoms. The fourth-order valence-corrected chi connectivity index (χ4v) is 3.90. The van der Waals surface area contributed by atoms with Crippen LogP contribution in [-0.4, -0.2) is 47.8 Å². The SMILES string of the molecule is CC(C)(C(=O)N[C@@H](CCOCCCCc1ccc2c(n1)NCCC2)C(=O)O)c1ccccc1. The molecule has 1 atom stereocenters. The molecule has 1 amide bonds. The molecule has 0 saturated heterocycles. The number of nitrogens with zero attached hydrogens (tertiary/aromatic N) is 1. The first kappa shape index (κ1) is 24.7. The molecule has 0 unspecified atom stereocenters. The quantitative estimate of drug-likeness (QED) is 0.424. The van der Waals surface area contributed by atoms with Gasteiger partial charge in [-0.3, -0.25) is 4.79 Å². The number of rotatable bonds is 12. The number of carbonyl (C=O) groups is 2. The third kappa shape index (κ3) is 7.02. The lowest BCUT2D eigenvalue weighted by atomic mass is 9.83. The highest BCUT2D eigenvalue weighted by Gasteiger charge is 2.32. The molecule has 7 nitrogen and oxygen atoms in total. The van der Waals surface area contributed by atoms with E-state index in [1.807, 2.05) is 30.3 Å². The topological polar surface area (TPSA) is 101 Å². The molecule has 1 aromatic carbocycles. The van der Waals surface area contributed by atoms with Gasteiger partial charge in [0.25, 0.3) is 0 Å². The fourth-order valence-electron chi connectivity index (χ4n) is 3.90. The van der Waals surface area contributed by atoms with Crippen LogP contribution in [0.25, 0.3) is 0 Å². The van der Waals surface area contributed by atoms with Crippen molar-refractivity contribution < 1.29 is 19.4 Å². The predicted molar refractivity (Wildman–Crippen MR) is 128 cm³/mol. The Morgan fingerprint density at radius 2 is 1.94 bits per heavy atom. The van der Waals surface area contributed by atoms with Gasteiger partial charge in [-0.2, -0.15) is 0 Å². The number of aromatic nitrogens is 1. The second-order valence-electron chi connectivity index (χ2n) is 9.05. The summed E-state index contributed by atoms with van der Waals surface area (Å²) >= 11 is 0. The van der Waals surface area contributed by atoms with Gasteiger partial charge in [0.1, 0.15) is 11.9 Å². The van der Waals surface area contributed by atoms with Crippen molar-refractivity contribution in [1.82, 2.24) is 10.3 Å². The Bertz CT molecular complexity index is 930. The summed E-state index contributed by atoms with van der Waals surface area (Å²) in [5.41, 5.74) is 2.39. The van der Waals surface area contributed by atoms with Crippen LogP contribution in [0.4, 0.5) is 5.82 Å². The van der Waals surface area contributed by atoms with Gasteiger partial charge in [0, 0.05) is 31.9 Å². The maximum Gasteiger partial charge on any atom is 0.326 e. The largest absolute Gasteiger partial charge is 0.480 e. The van der Waals surface area contributed by atoms with Crippen molar-refractivity contribution >= 4 is 17.7 Å². The smallest absolute Gasteiger partial charge is 0.326 e. The molecule has 0 saturated carbocycles. The van der Waals surface area contributed by atoms with Gasteiger partial charge < -0.3 is 20.5 Å². The number of anilines is 1. The van der Waals surface area contributed by atoms with Crippen LogP contribution < -0.4 is 10.6 Å². The molecule has 33 heavy (non-hydrogen) atoms. The van der Waals surface area contributed by atoms with E-state index in [1.54, 1.807) is 13.8 Å². The highest BCUT2D eigenvalue weighted by Crippen LogP contribution is 2.23. The van der Waals surface area contributed by atoms with Crippen LogP contribution >= 0.6 is 0 Å². The number of amides is 1. The van der Waals surface area contributed by atoms with Crippen LogP contribution in [0.2, 0.25) is 0 Å². The number of aryl methyl sites for hydroxylation is 2. The van der Waals surface area contributed by atoms with E-state index in [0.29, 0.717) is 6.61 Å².